The van der Waals surface area contributed by atoms with Crippen molar-refractivity contribution in [1.29, 1.82) is 0 Å². The number of rotatable bonds is 3. The SMILES string of the molecule is O=C1C(=O)N(c2ccc(F)c(Cl)c2)C(c2ccccc2)/C1=C(/O)c1ccc2c(c1)OCO2. The summed E-state index contributed by atoms with van der Waals surface area (Å²) in [5, 5.41) is 10.9. The van der Waals surface area contributed by atoms with Crippen LogP contribution in [0.25, 0.3) is 5.76 Å². The van der Waals surface area contributed by atoms with Crippen molar-refractivity contribution in [3.63, 3.8) is 0 Å². The molecule has 3 aromatic carbocycles. The summed E-state index contributed by atoms with van der Waals surface area (Å²) >= 11 is 5.93. The molecule has 32 heavy (non-hydrogen) atoms. The van der Waals surface area contributed by atoms with Crippen LogP contribution in [0.2, 0.25) is 5.02 Å². The number of amides is 1. The number of hydrogen-bond donors (Lipinski definition) is 1. The van der Waals surface area contributed by atoms with Gasteiger partial charge in [-0.25, -0.2) is 4.39 Å². The lowest BCUT2D eigenvalue weighted by Gasteiger charge is -2.25. The predicted octanol–water partition coefficient (Wildman–Crippen LogP) is 4.83. The number of fused-ring (bicyclic) bond motifs is 1. The van der Waals surface area contributed by atoms with Gasteiger partial charge in [0.2, 0.25) is 6.79 Å². The average Bonchev–Trinajstić information content (AvgIpc) is 3.38. The molecule has 0 aromatic heterocycles. The Balaban J connectivity index is 1.70. The van der Waals surface area contributed by atoms with E-state index in [1.807, 2.05) is 0 Å². The standard InChI is InChI=1S/C24H15ClFNO5/c25-16-11-15(7-8-17(16)26)27-21(13-4-2-1-3-5-13)20(23(29)24(27)30)22(28)14-6-9-18-19(10-14)32-12-31-18/h1-11,21,28H,12H2/b22-20-. The highest BCUT2D eigenvalue weighted by Gasteiger charge is 2.47. The number of anilines is 1. The second kappa shape index (κ2) is 7.69. The van der Waals surface area contributed by atoms with Crippen LogP contribution in [0.3, 0.4) is 0 Å². The lowest BCUT2D eigenvalue weighted by molar-refractivity contribution is -0.132. The van der Waals surface area contributed by atoms with Crippen molar-refractivity contribution >= 4 is 34.7 Å². The molecule has 0 radical (unpaired) electrons. The van der Waals surface area contributed by atoms with Gasteiger partial charge in [-0.05, 0) is 42.0 Å². The number of ketones is 1. The van der Waals surface area contributed by atoms with Crippen LogP contribution in [0.4, 0.5) is 10.1 Å². The summed E-state index contributed by atoms with van der Waals surface area (Å²) in [5.74, 6) is -1.79. The Hall–Kier alpha value is -3.84. The van der Waals surface area contributed by atoms with Crippen molar-refractivity contribution in [2.45, 2.75) is 6.04 Å². The monoisotopic (exact) mass is 451 g/mol. The smallest absolute Gasteiger partial charge is 0.300 e. The fraction of sp³-hybridized carbons (Fsp3) is 0.0833. The van der Waals surface area contributed by atoms with Crippen molar-refractivity contribution in [2.24, 2.45) is 0 Å². The van der Waals surface area contributed by atoms with Gasteiger partial charge in [0.15, 0.2) is 11.5 Å². The van der Waals surface area contributed by atoms with Gasteiger partial charge in [-0.3, -0.25) is 14.5 Å². The van der Waals surface area contributed by atoms with Crippen LogP contribution in [-0.2, 0) is 9.59 Å². The Morgan fingerprint density at radius 2 is 1.75 bits per heavy atom. The zero-order valence-corrected chi connectivity index (χ0v) is 17.2. The highest BCUT2D eigenvalue weighted by atomic mass is 35.5. The summed E-state index contributed by atoms with van der Waals surface area (Å²) in [7, 11) is 0. The first-order valence-electron chi connectivity index (χ1n) is 9.66. The van der Waals surface area contributed by atoms with Crippen molar-refractivity contribution in [3.05, 3.63) is 94.3 Å². The number of carbonyl (C=O) groups excluding carboxylic acids is 2. The van der Waals surface area contributed by atoms with E-state index >= 15 is 0 Å². The molecule has 0 aliphatic carbocycles. The Labute approximate surface area is 187 Å². The summed E-state index contributed by atoms with van der Waals surface area (Å²) in [4.78, 5) is 27.4. The number of aliphatic hydroxyl groups is 1. The van der Waals surface area contributed by atoms with Crippen molar-refractivity contribution in [2.75, 3.05) is 11.7 Å². The second-order valence-electron chi connectivity index (χ2n) is 7.25. The third-order valence-corrected chi connectivity index (χ3v) is 5.68. The molecule has 2 aliphatic rings. The molecular formula is C24H15ClFNO5. The highest BCUT2D eigenvalue weighted by Crippen LogP contribution is 2.43. The Morgan fingerprint density at radius 3 is 2.50 bits per heavy atom. The number of halogens is 2. The molecule has 0 bridgehead atoms. The van der Waals surface area contributed by atoms with E-state index < -0.39 is 23.5 Å². The minimum absolute atomic E-state index is 0.0548. The summed E-state index contributed by atoms with van der Waals surface area (Å²) in [5.41, 5.74) is 1.03. The first kappa shape index (κ1) is 20.1. The molecule has 1 saturated heterocycles. The van der Waals surface area contributed by atoms with E-state index in [2.05, 4.69) is 0 Å². The first-order valence-corrected chi connectivity index (χ1v) is 10.0. The largest absolute Gasteiger partial charge is 0.507 e. The molecule has 5 rings (SSSR count). The van der Waals surface area contributed by atoms with Crippen LogP contribution >= 0.6 is 11.6 Å². The molecule has 1 N–H and O–H groups in total. The van der Waals surface area contributed by atoms with Gasteiger partial charge in [0.1, 0.15) is 11.6 Å². The Morgan fingerprint density at radius 1 is 1.00 bits per heavy atom. The van der Waals surface area contributed by atoms with Crippen LogP contribution in [-0.4, -0.2) is 23.6 Å². The highest BCUT2D eigenvalue weighted by molar-refractivity contribution is 6.51. The van der Waals surface area contributed by atoms with E-state index in [1.54, 1.807) is 48.5 Å². The maximum atomic E-state index is 13.7. The lowest BCUT2D eigenvalue weighted by atomic mass is 9.95. The number of benzene rings is 3. The van der Waals surface area contributed by atoms with Gasteiger partial charge in [0.25, 0.3) is 11.7 Å². The van der Waals surface area contributed by atoms with Gasteiger partial charge in [0, 0.05) is 11.3 Å². The summed E-state index contributed by atoms with van der Waals surface area (Å²) in [6.45, 7) is 0.0548. The lowest BCUT2D eigenvalue weighted by Crippen LogP contribution is -2.29. The normalized spacial score (nSPS) is 18.9. The third-order valence-electron chi connectivity index (χ3n) is 5.39. The molecule has 3 aromatic rings. The molecule has 160 valence electrons. The van der Waals surface area contributed by atoms with E-state index in [-0.39, 0.29) is 28.8 Å². The van der Waals surface area contributed by atoms with Gasteiger partial charge < -0.3 is 14.6 Å². The minimum Gasteiger partial charge on any atom is -0.507 e. The zero-order valence-electron chi connectivity index (χ0n) is 16.4. The summed E-state index contributed by atoms with van der Waals surface area (Å²) < 4.78 is 24.4. The predicted molar refractivity (Wildman–Crippen MR) is 115 cm³/mol. The number of nitrogens with zero attached hydrogens (tertiary/aromatic N) is 1. The fourth-order valence-electron chi connectivity index (χ4n) is 3.88. The molecule has 2 aliphatic heterocycles. The minimum atomic E-state index is -0.942. The van der Waals surface area contributed by atoms with E-state index in [4.69, 9.17) is 21.1 Å². The summed E-state index contributed by atoms with van der Waals surface area (Å²) in [6, 6.07) is 16.3. The number of hydrogen-bond acceptors (Lipinski definition) is 5. The molecule has 0 saturated carbocycles. The Kier molecular flexibility index (Phi) is 4.83. The van der Waals surface area contributed by atoms with Crippen molar-refractivity contribution in [1.82, 2.24) is 0 Å². The molecule has 1 amide bonds. The van der Waals surface area contributed by atoms with Crippen molar-refractivity contribution in [3.8, 4) is 11.5 Å². The number of ether oxygens (including phenoxy) is 2. The van der Waals surface area contributed by atoms with E-state index in [0.29, 0.717) is 22.6 Å². The number of Topliss-reactive ketones (excluding diaryl/α,β-unsaturated/α-hetero) is 1. The number of aliphatic hydroxyl groups excluding tert-OH is 1. The quantitative estimate of drug-likeness (QED) is 0.350. The molecule has 1 atom stereocenters. The molecule has 2 heterocycles. The molecule has 8 heteroatoms. The topological polar surface area (TPSA) is 76.1 Å². The van der Waals surface area contributed by atoms with Gasteiger partial charge in [-0.2, -0.15) is 0 Å². The van der Waals surface area contributed by atoms with Crippen LogP contribution < -0.4 is 14.4 Å². The van der Waals surface area contributed by atoms with E-state index in [0.717, 1.165) is 6.07 Å². The van der Waals surface area contributed by atoms with Gasteiger partial charge >= 0.3 is 0 Å². The average molecular weight is 452 g/mol. The Bertz CT molecular complexity index is 1290. The molecule has 6 nitrogen and oxygen atoms in total. The van der Waals surface area contributed by atoms with Gasteiger partial charge in [-0.15, -0.1) is 0 Å². The maximum absolute atomic E-state index is 13.7. The molecule has 0 spiro atoms. The van der Waals surface area contributed by atoms with E-state index in [9.17, 15) is 19.1 Å². The molecule has 1 fully saturated rings. The number of carbonyl (C=O) groups is 2. The van der Waals surface area contributed by atoms with Gasteiger partial charge in [-0.1, -0.05) is 41.9 Å². The van der Waals surface area contributed by atoms with Crippen LogP contribution in [0, 0.1) is 5.82 Å². The van der Waals surface area contributed by atoms with Crippen molar-refractivity contribution < 1.29 is 28.6 Å². The third kappa shape index (κ3) is 3.18. The fourth-order valence-corrected chi connectivity index (χ4v) is 4.06. The molecule has 1 unspecified atom stereocenters. The maximum Gasteiger partial charge on any atom is 0.300 e. The zero-order chi connectivity index (χ0) is 22.4. The van der Waals surface area contributed by atoms with Crippen LogP contribution in [0.1, 0.15) is 17.2 Å². The van der Waals surface area contributed by atoms with E-state index in [1.165, 1.54) is 17.0 Å². The first-order chi connectivity index (χ1) is 15.5. The van der Waals surface area contributed by atoms with Crippen LogP contribution in [0.5, 0.6) is 11.5 Å². The van der Waals surface area contributed by atoms with Crippen LogP contribution in [0.15, 0.2) is 72.3 Å². The summed E-state index contributed by atoms with van der Waals surface area (Å²) in [6.07, 6.45) is 0. The molecular weight excluding hydrogens is 437 g/mol. The van der Waals surface area contributed by atoms with Gasteiger partial charge in [0.05, 0.1) is 16.6 Å². The second-order valence-corrected chi connectivity index (χ2v) is 7.65.